The monoisotopic (exact) mass is 492 g/mol. The van der Waals surface area contributed by atoms with E-state index in [1.807, 2.05) is 0 Å². The first-order valence-corrected chi connectivity index (χ1v) is 10.8. The minimum atomic E-state index is -5.06. The Morgan fingerprint density at radius 1 is 0.724 bits per heavy atom. The molecule has 0 aliphatic rings. The number of phenols is 2. The van der Waals surface area contributed by atoms with Crippen LogP contribution in [-0.4, -0.2) is 23.2 Å². The quantitative estimate of drug-likeness (QED) is 0.239. The van der Waals surface area contributed by atoms with Crippen molar-refractivity contribution in [3.8, 4) is 11.5 Å². The summed E-state index contributed by atoms with van der Waals surface area (Å²) < 4.78 is 34.0. The predicted molar refractivity (Wildman–Crippen MR) is 114 cm³/mol. The Kier molecular flexibility index (Phi) is 5.98. The van der Waals surface area contributed by atoms with E-state index in [1.54, 1.807) is 6.07 Å². The summed E-state index contributed by atoms with van der Waals surface area (Å²) in [6.07, 6.45) is 0. The van der Waals surface area contributed by atoms with Crippen LogP contribution in [0.25, 0.3) is 0 Å². The van der Waals surface area contributed by atoms with E-state index in [9.17, 15) is 23.2 Å². The van der Waals surface area contributed by atoms with Crippen molar-refractivity contribution < 1.29 is 23.2 Å². The second-order valence-electron chi connectivity index (χ2n) is 6.13. The zero-order valence-corrected chi connectivity index (χ0v) is 18.1. The standard InChI is InChI=1S/C19H12Cl4O5S/c20-15-4-2-1-3-14(15)19(29(26,27)28,10-5-12(24)9-13(25)6-10)11-7-16(21)18(23)17(22)8-11/h1-9,24-25H,(H,26,27,28). The molecule has 0 saturated carbocycles. The molecule has 1 atom stereocenters. The van der Waals surface area contributed by atoms with Crippen molar-refractivity contribution in [2.24, 2.45) is 0 Å². The SMILES string of the molecule is O=S(=O)(O)C(c1cc(O)cc(O)c1)(c1cc(Cl)c(Cl)c(Cl)c1)c1ccccc1Cl. The Morgan fingerprint density at radius 3 is 1.69 bits per heavy atom. The van der Waals surface area contributed by atoms with Crippen molar-refractivity contribution in [3.05, 3.63) is 91.4 Å². The van der Waals surface area contributed by atoms with E-state index in [2.05, 4.69) is 0 Å². The van der Waals surface area contributed by atoms with Gasteiger partial charge in [-0.1, -0.05) is 64.6 Å². The van der Waals surface area contributed by atoms with Crippen LogP contribution in [0.3, 0.4) is 0 Å². The van der Waals surface area contributed by atoms with Crippen LogP contribution in [0.1, 0.15) is 16.7 Å². The van der Waals surface area contributed by atoms with Gasteiger partial charge in [0.2, 0.25) is 0 Å². The number of phenolic OH excluding ortho intramolecular Hbond substituents is 2. The fourth-order valence-corrected chi connectivity index (χ4v) is 5.44. The summed E-state index contributed by atoms with van der Waals surface area (Å²) in [5.41, 5.74) is -0.346. The normalized spacial score (nSPS) is 13.8. The highest BCUT2D eigenvalue weighted by molar-refractivity contribution is 7.87. The summed E-state index contributed by atoms with van der Waals surface area (Å²) in [6, 6.07) is 11.5. The topological polar surface area (TPSA) is 94.8 Å². The molecule has 0 fully saturated rings. The van der Waals surface area contributed by atoms with E-state index in [1.165, 1.54) is 30.3 Å². The summed E-state index contributed by atoms with van der Waals surface area (Å²) >= 11 is 24.6. The second-order valence-corrected chi connectivity index (χ2v) is 9.29. The molecule has 0 bridgehead atoms. The molecule has 10 heteroatoms. The maximum Gasteiger partial charge on any atom is 0.283 e. The van der Waals surface area contributed by atoms with Crippen LogP contribution in [0.2, 0.25) is 20.1 Å². The van der Waals surface area contributed by atoms with Crippen molar-refractivity contribution in [1.82, 2.24) is 0 Å². The molecule has 0 saturated heterocycles. The molecule has 0 amide bonds. The van der Waals surface area contributed by atoms with Gasteiger partial charge in [-0.05, 0) is 41.5 Å². The van der Waals surface area contributed by atoms with Gasteiger partial charge in [0, 0.05) is 16.7 Å². The molecule has 0 aliphatic carbocycles. The van der Waals surface area contributed by atoms with Crippen molar-refractivity contribution >= 4 is 56.5 Å². The molecule has 3 aromatic rings. The molecule has 152 valence electrons. The van der Waals surface area contributed by atoms with Crippen molar-refractivity contribution in [2.75, 3.05) is 0 Å². The number of halogens is 4. The molecule has 3 rings (SSSR count). The molecule has 0 spiro atoms. The minimum Gasteiger partial charge on any atom is -0.508 e. The highest BCUT2D eigenvalue weighted by atomic mass is 35.5. The lowest BCUT2D eigenvalue weighted by atomic mass is 9.83. The minimum absolute atomic E-state index is 0.00449. The van der Waals surface area contributed by atoms with Gasteiger partial charge < -0.3 is 10.2 Å². The summed E-state index contributed by atoms with van der Waals surface area (Å²) in [5, 5.41) is 19.8. The Labute approximate surface area is 186 Å². The third kappa shape index (κ3) is 3.77. The first-order chi connectivity index (χ1) is 13.5. The second kappa shape index (κ2) is 7.87. The number of hydrogen-bond acceptors (Lipinski definition) is 4. The number of aromatic hydroxyl groups is 2. The number of rotatable bonds is 4. The number of hydrogen-bond donors (Lipinski definition) is 3. The van der Waals surface area contributed by atoms with Gasteiger partial charge >= 0.3 is 0 Å². The highest BCUT2D eigenvalue weighted by Gasteiger charge is 2.50. The lowest BCUT2D eigenvalue weighted by molar-refractivity contribution is 0.444. The van der Waals surface area contributed by atoms with E-state index < -0.39 is 26.4 Å². The molecule has 3 N–H and O–H groups in total. The van der Waals surface area contributed by atoms with Gasteiger partial charge in [0.1, 0.15) is 11.5 Å². The Hall–Kier alpha value is -1.67. The molecule has 29 heavy (non-hydrogen) atoms. The maximum atomic E-state index is 13.0. The molecule has 0 aromatic heterocycles. The van der Waals surface area contributed by atoms with E-state index in [4.69, 9.17) is 46.4 Å². The van der Waals surface area contributed by atoms with Gasteiger partial charge in [-0.25, -0.2) is 0 Å². The van der Waals surface area contributed by atoms with Crippen LogP contribution in [0.5, 0.6) is 11.5 Å². The molecule has 0 heterocycles. The summed E-state index contributed by atoms with van der Waals surface area (Å²) in [7, 11) is -5.06. The molecule has 3 aromatic carbocycles. The lowest BCUT2D eigenvalue weighted by Crippen LogP contribution is -2.38. The first-order valence-electron chi connectivity index (χ1n) is 7.89. The Morgan fingerprint density at radius 2 is 1.21 bits per heavy atom. The van der Waals surface area contributed by atoms with Crippen LogP contribution in [0, 0.1) is 0 Å². The van der Waals surface area contributed by atoms with E-state index >= 15 is 0 Å². The molecular formula is C19H12Cl4O5S. The van der Waals surface area contributed by atoms with Crippen molar-refractivity contribution in [2.45, 2.75) is 4.75 Å². The average Bonchev–Trinajstić information content (AvgIpc) is 2.59. The van der Waals surface area contributed by atoms with Crippen molar-refractivity contribution in [1.29, 1.82) is 0 Å². The predicted octanol–water partition coefficient (Wildman–Crippen LogP) is 5.89. The molecule has 0 radical (unpaired) electrons. The van der Waals surface area contributed by atoms with Gasteiger partial charge in [0.15, 0.2) is 4.75 Å². The van der Waals surface area contributed by atoms with Gasteiger partial charge in [-0.15, -0.1) is 0 Å². The molecular weight excluding hydrogens is 482 g/mol. The third-order valence-corrected chi connectivity index (χ3v) is 7.33. The van der Waals surface area contributed by atoms with E-state index in [0.29, 0.717) is 0 Å². The average molecular weight is 494 g/mol. The van der Waals surface area contributed by atoms with Gasteiger partial charge in [0.05, 0.1) is 15.1 Å². The van der Waals surface area contributed by atoms with Crippen LogP contribution >= 0.6 is 46.4 Å². The third-order valence-electron chi connectivity index (χ3n) is 4.34. The van der Waals surface area contributed by atoms with Crippen LogP contribution < -0.4 is 0 Å². The fraction of sp³-hybridized carbons (Fsp3) is 0.0526. The van der Waals surface area contributed by atoms with Gasteiger partial charge in [-0.2, -0.15) is 8.42 Å². The zero-order valence-electron chi connectivity index (χ0n) is 14.3. The van der Waals surface area contributed by atoms with Crippen LogP contribution in [0.4, 0.5) is 0 Å². The van der Waals surface area contributed by atoms with Gasteiger partial charge in [-0.3, -0.25) is 4.55 Å². The Bertz CT molecular complexity index is 1170. The van der Waals surface area contributed by atoms with Gasteiger partial charge in [0.25, 0.3) is 10.1 Å². The number of benzene rings is 3. The Balaban J connectivity index is 2.61. The highest BCUT2D eigenvalue weighted by Crippen LogP contribution is 2.49. The van der Waals surface area contributed by atoms with E-state index in [0.717, 1.165) is 18.2 Å². The lowest BCUT2D eigenvalue weighted by Gasteiger charge is -2.33. The molecule has 0 aliphatic heterocycles. The van der Waals surface area contributed by atoms with Crippen molar-refractivity contribution in [3.63, 3.8) is 0 Å². The fourth-order valence-electron chi connectivity index (χ4n) is 3.22. The summed E-state index contributed by atoms with van der Waals surface area (Å²) in [5.74, 6) is -0.877. The van der Waals surface area contributed by atoms with Crippen LogP contribution in [0.15, 0.2) is 54.6 Å². The van der Waals surface area contributed by atoms with E-state index in [-0.39, 0.29) is 36.8 Å². The first kappa shape index (κ1) is 22.0. The smallest absolute Gasteiger partial charge is 0.283 e. The summed E-state index contributed by atoms with van der Waals surface area (Å²) in [6.45, 7) is 0. The summed E-state index contributed by atoms with van der Waals surface area (Å²) in [4.78, 5) is 0. The maximum absolute atomic E-state index is 13.0. The zero-order chi connectivity index (χ0) is 21.6. The molecule has 5 nitrogen and oxygen atoms in total. The van der Waals surface area contributed by atoms with Crippen LogP contribution in [-0.2, 0) is 14.9 Å². The molecule has 1 unspecified atom stereocenters. The largest absolute Gasteiger partial charge is 0.508 e.